The van der Waals surface area contributed by atoms with Gasteiger partial charge in [-0.1, -0.05) is 17.4 Å². The number of anilines is 1. The smallest absolute Gasteiger partial charge is 0.343 e. The predicted octanol–water partition coefficient (Wildman–Crippen LogP) is 4.25. The van der Waals surface area contributed by atoms with Gasteiger partial charge in [0.25, 0.3) is 5.91 Å². The molecule has 146 valence electrons. The van der Waals surface area contributed by atoms with Gasteiger partial charge in [0.1, 0.15) is 0 Å². The Morgan fingerprint density at radius 2 is 1.71 bits per heavy atom. The van der Waals surface area contributed by atoms with Gasteiger partial charge in [-0.3, -0.25) is 4.79 Å². The van der Waals surface area contributed by atoms with Crippen molar-refractivity contribution >= 4 is 33.7 Å². The minimum atomic E-state index is -4.41. The number of carbonyl (C=O) groups is 1. The van der Waals surface area contributed by atoms with Gasteiger partial charge in [-0.2, -0.15) is 13.2 Å². The van der Waals surface area contributed by atoms with Crippen molar-refractivity contribution in [2.75, 3.05) is 31.1 Å². The SMILES string of the molecule is O=C(c1ccc(C(F)(F)F)cc1)N1CCN(c2nnc(-c3cccs3)s2)CC1. The molecule has 28 heavy (non-hydrogen) atoms. The second-order valence-corrected chi connectivity index (χ2v) is 8.13. The molecule has 1 aliphatic rings. The molecule has 0 atom stereocenters. The first-order valence-electron chi connectivity index (χ1n) is 8.51. The van der Waals surface area contributed by atoms with Crippen LogP contribution in [0.4, 0.5) is 18.3 Å². The van der Waals surface area contributed by atoms with E-state index in [1.54, 1.807) is 16.2 Å². The van der Waals surface area contributed by atoms with Crippen molar-refractivity contribution in [2.45, 2.75) is 6.18 Å². The van der Waals surface area contributed by atoms with Crippen molar-refractivity contribution in [2.24, 2.45) is 0 Å². The third-order valence-electron chi connectivity index (χ3n) is 4.44. The Labute approximate surface area is 167 Å². The highest BCUT2D eigenvalue weighted by atomic mass is 32.1. The molecule has 1 aromatic carbocycles. The summed E-state index contributed by atoms with van der Waals surface area (Å²) in [6.07, 6.45) is -4.41. The molecular formula is C18H15F3N4OS2. The number of piperazine rings is 1. The highest BCUT2D eigenvalue weighted by molar-refractivity contribution is 7.22. The Bertz CT molecular complexity index is 946. The van der Waals surface area contributed by atoms with Crippen LogP contribution in [0.25, 0.3) is 9.88 Å². The van der Waals surface area contributed by atoms with Gasteiger partial charge in [-0.25, -0.2) is 0 Å². The average Bonchev–Trinajstić information content (AvgIpc) is 3.38. The first kappa shape index (κ1) is 18.9. The summed E-state index contributed by atoms with van der Waals surface area (Å²) in [5, 5.41) is 12.1. The maximum atomic E-state index is 12.7. The quantitative estimate of drug-likeness (QED) is 0.631. The standard InChI is InChI=1S/C18H15F3N4OS2/c19-18(20,21)13-5-3-12(4-6-13)16(26)24-7-9-25(10-8-24)17-23-22-15(28-17)14-2-1-11-27-14/h1-6,11H,7-10H2. The molecule has 3 heterocycles. The largest absolute Gasteiger partial charge is 0.416 e. The van der Waals surface area contributed by atoms with Crippen LogP contribution in [0.5, 0.6) is 0 Å². The van der Waals surface area contributed by atoms with E-state index in [4.69, 9.17) is 0 Å². The van der Waals surface area contributed by atoms with Gasteiger partial charge in [0.2, 0.25) is 5.13 Å². The summed E-state index contributed by atoms with van der Waals surface area (Å²) in [4.78, 5) is 17.4. The Hall–Kier alpha value is -2.46. The molecule has 3 aromatic rings. The van der Waals surface area contributed by atoms with Crippen LogP contribution in [0.15, 0.2) is 41.8 Å². The van der Waals surface area contributed by atoms with Crippen molar-refractivity contribution in [1.82, 2.24) is 15.1 Å². The number of carbonyl (C=O) groups excluding carboxylic acids is 1. The fraction of sp³-hybridized carbons (Fsp3) is 0.278. The van der Waals surface area contributed by atoms with Gasteiger partial charge in [-0.05, 0) is 35.7 Å². The zero-order valence-corrected chi connectivity index (χ0v) is 16.2. The fourth-order valence-electron chi connectivity index (χ4n) is 2.93. The van der Waals surface area contributed by atoms with Crippen LogP contribution < -0.4 is 4.90 Å². The van der Waals surface area contributed by atoms with Crippen LogP contribution in [-0.2, 0) is 6.18 Å². The highest BCUT2D eigenvalue weighted by Crippen LogP contribution is 2.32. The summed E-state index contributed by atoms with van der Waals surface area (Å²) in [6, 6.07) is 8.31. The molecular weight excluding hydrogens is 409 g/mol. The van der Waals surface area contributed by atoms with Gasteiger partial charge in [-0.15, -0.1) is 21.5 Å². The summed E-state index contributed by atoms with van der Waals surface area (Å²) >= 11 is 3.12. The predicted molar refractivity (Wildman–Crippen MR) is 103 cm³/mol. The second kappa shape index (κ2) is 7.51. The van der Waals surface area contributed by atoms with Crippen molar-refractivity contribution < 1.29 is 18.0 Å². The molecule has 0 saturated carbocycles. The topological polar surface area (TPSA) is 49.3 Å². The van der Waals surface area contributed by atoms with E-state index in [1.165, 1.54) is 23.5 Å². The van der Waals surface area contributed by atoms with E-state index in [1.807, 2.05) is 17.5 Å². The average molecular weight is 424 g/mol. The molecule has 0 spiro atoms. The van der Waals surface area contributed by atoms with Crippen molar-refractivity contribution in [3.05, 3.63) is 52.9 Å². The van der Waals surface area contributed by atoms with Gasteiger partial charge in [0, 0.05) is 31.7 Å². The first-order chi connectivity index (χ1) is 13.4. The van der Waals surface area contributed by atoms with Crippen molar-refractivity contribution in [1.29, 1.82) is 0 Å². The van der Waals surface area contributed by atoms with Crippen LogP contribution in [0, 0.1) is 0 Å². The molecule has 1 fully saturated rings. The number of alkyl halides is 3. The summed E-state index contributed by atoms with van der Waals surface area (Å²) in [6.45, 7) is 2.17. The van der Waals surface area contributed by atoms with Crippen LogP contribution in [0.3, 0.4) is 0 Å². The lowest BCUT2D eigenvalue weighted by Gasteiger charge is -2.34. The Morgan fingerprint density at radius 1 is 1.00 bits per heavy atom. The fourth-order valence-corrected chi connectivity index (χ4v) is 4.62. The van der Waals surface area contributed by atoms with E-state index in [0.717, 1.165) is 27.1 Å². The lowest BCUT2D eigenvalue weighted by Crippen LogP contribution is -2.48. The van der Waals surface area contributed by atoms with Crippen molar-refractivity contribution in [3.8, 4) is 9.88 Å². The van der Waals surface area contributed by atoms with Gasteiger partial charge >= 0.3 is 6.18 Å². The number of aromatic nitrogens is 2. The molecule has 5 nitrogen and oxygen atoms in total. The molecule has 0 unspecified atom stereocenters. The molecule has 0 aliphatic carbocycles. The minimum absolute atomic E-state index is 0.259. The highest BCUT2D eigenvalue weighted by Gasteiger charge is 2.31. The molecule has 1 saturated heterocycles. The molecule has 1 aliphatic heterocycles. The maximum absolute atomic E-state index is 12.7. The molecule has 0 N–H and O–H groups in total. The van der Waals surface area contributed by atoms with E-state index < -0.39 is 11.7 Å². The first-order valence-corrected chi connectivity index (χ1v) is 10.2. The summed E-state index contributed by atoms with van der Waals surface area (Å²) in [5.74, 6) is -0.259. The van der Waals surface area contributed by atoms with Crippen LogP contribution in [0.1, 0.15) is 15.9 Å². The van der Waals surface area contributed by atoms with E-state index in [-0.39, 0.29) is 11.5 Å². The monoisotopic (exact) mass is 424 g/mol. The molecule has 0 bridgehead atoms. The number of amides is 1. The minimum Gasteiger partial charge on any atom is -0.343 e. The second-order valence-electron chi connectivity index (χ2n) is 6.22. The number of benzene rings is 1. The van der Waals surface area contributed by atoms with Crippen LogP contribution in [-0.4, -0.2) is 47.2 Å². The molecule has 1 amide bonds. The van der Waals surface area contributed by atoms with Crippen LogP contribution in [0.2, 0.25) is 0 Å². The molecule has 0 radical (unpaired) electrons. The lowest BCUT2D eigenvalue weighted by molar-refractivity contribution is -0.137. The zero-order chi connectivity index (χ0) is 19.7. The number of halogens is 3. The zero-order valence-electron chi connectivity index (χ0n) is 14.5. The van der Waals surface area contributed by atoms with Gasteiger partial charge in [0.05, 0.1) is 10.4 Å². The number of rotatable bonds is 3. The number of nitrogens with zero attached hydrogens (tertiary/aromatic N) is 4. The molecule has 10 heteroatoms. The Morgan fingerprint density at radius 3 is 2.32 bits per heavy atom. The van der Waals surface area contributed by atoms with Crippen molar-refractivity contribution in [3.63, 3.8) is 0 Å². The summed E-state index contributed by atoms with van der Waals surface area (Å²) in [7, 11) is 0. The Balaban J connectivity index is 1.38. The van der Waals surface area contributed by atoms with E-state index in [0.29, 0.717) is 26.2 Å². The molecule has 2 aromatic heterocycles. The lowest BCUT2D eigenvalue weighted by atomic mass is 10.1. The summed E-state index contributed by atoms with van der Waals surface area (Å²) < 4.78 is 38.0. The van der Waals surface area contributed by atoms with Crippen LogP contribution >= 0.6 is 22.7 Å². The third kappa shape index (κ3) is 3.88. The van der Waals surface area contributed by atoms with Gasteiger partial charge < -0.3 is 9.80 Å². The third-order valence-corrected chi connectivity index (χ3v) is 6.47. The van der Waals surface area contributed by atoms with E-state index in [2.05, 4.69) is 15.1 Å². The Kier molecular flexibility index (Phi) is 5.07. The number of thiophene rings is 1. The number of hydrogen-bond donors (Lipinski definition) is 0. The van der Waals surface area contributed by atoms with E-state index in [9.17, 15) is 18.0 Å². The maximum Gasteiger partial charge on any atom is 0.416 e. The van der Waals surface area contributed by atoms with Gasteiger partial charge in [0.15, 0.2) is 5.01 Å². The normalized spacial score (nSPS) is 15.1. The summed E-state index contributed by atoms with van der Waals surface area (Å²) in [5.41, 5.74) is -0.496. The molecule has 4 rings (SSSR count). The number of hydrogen-bond acceptors (Lipinski definition) is 6. The van der Waals surface area contributed by atoms with E-state index >= 15 is 0 Å².